The molecule has 3 rings (SSSR count). The van der Waals surface area contributed by atoms with Crippen LogP contribution in [0.3, 0.4) is 0 Å². The van der Waals surface area contributed by atoms with E-state index in [0.29, 0.717) is 5.82 Å². The van der Waals surface area contributed by atoms with E-state index in [2.05, 4.69) is 21.2 Å². The van der Waals surface area contributed by atoms with Crippen molar-refractivity contribution < 1.29 is 14.4 Å². The Kier molecular flexibility index (Phi) is 6.05. The van der Waals surface area contributed by atoms with Gasteiger partial charge in [-0.3, -0.25) is 25.2 Å². The summed E-state index contributed by atoms with van der Waals surface area (Å²) in [6.07, 6.45) is 5.08. The summed E-state index contributed by atoms with van der Waals surface area (Å²) in [4.78, 5) is 40.3. The molecule has 27 heavy (non-hydrogen) atoms. The van der Waals surface area contributed by atoms with Crippen molar-refractivity contribution in [2.24, 2.45) is 13.0 Å². The van der Waals surface area contributed by atoms with Crippen LogP contribution in [-0.2, 0) is 27.9 Å². The van der Waals surface area contributed by atoms with E-state index in [1.807, 2.05) is 35.9 Å². The number of amides is 3. The molecule has 1 aliphatic rings. The summed E-state index contributed by atoms with van der Waals surface area (Å²) in [6, 6.07) is 7.62. The SMILES string of the molecule is Cn1c(CC(=O)NNC(=O)CNC(=O)C2CCCCC2)nc2ccccc21. The summed E-state index contributed by atoms with van der Waals surface area (Å²) in [5, 5.41) is 2.63. The monoisotopic (exact) mass is 371 g/mol. The standard InChI is InChI=1S/C19H25N5O3/c1-24-15-10-6-5-9-14(15)21-16(24)11-17(25)22-23-18(26)12-20-19(27)13-7-3-2-4-8-13/h5-6,9-10,13H,2-4,7-8,11-12H2,1H3,(H,20,27)(H,22,25)(H,23,26). The minimum atomic E-state index is -0.461. The first-order valence-corrected chi connectivity index (χ1v) is 9.30. The number of benzene rings is 1. The van der Waals surface area contributed by atoms with Crippen LogP contribution in [-0.4, -0.2) is 33.8 Å². The quantitative estimate of drug-likeness (QED) is 0.681. The average molecular weight is 371 g/mol. The summed E-state index contributed by atoms with van der Waals surface area (Å²) in [6.45, 7) is -0.151. The average Bonchev–Trinajstić information content (AvgIpc) is 3.01. The summed E-state index contributed by atoms with van der Waals surface area (Å²) >= 11 is 0. The molecule has 0 aliphatic heterocycles. The van der Waals surface area contributed by atoms with Gasteiger partial charge in [0, 0.05) is 13.0 Å². The second-order valence-electron chi connectivity index (χ2n) is 6.90. The number of fused-ring (bicyclic) bond motifs is 1. The molecule has 3 N–H and O–H groups in total. The number of hydrazine groups is 1. The molecular weight excluding hydrogens is 346 g/mol. The van der Waals surface area contributed by atoms with Crippen LogP contribution in [0.15, 0.2) is 24.3 Å². The van der Waals surface area contributed by atoms with Gasteiger partial charge in [0.05, 0.1) is 24.0 Å². The molecule has 0 radical (unpaired) electrons. The number of hydrogen-bond acceptors (Lipinski definition) is 4. The zero-order valence-electron chi connectivity index (χ0n) is 15.5. The summed E-state index contributed by atoms with van der Waals surface area (Å²) < 4.78 is 1.85. The molecule has 1 aromatic heterocycles. The van der Waals surface area contributed by atoms with Crippen molar-refractivity contribution in [2.45, 2.75) is 38.5 Å². The van der Waals surface area contributed by atoms with E-state index >= 15 is 0 Å². The number of nitrogens with one attached hydrogen (secondary N) is 3. The van der Waals surface area contributed by atoms with Crippen LogP contribution in [0.25, 0.3) is 11.0 Å². The molecule has 8 heteroatoms. The molecule has 1 fully saturated rings. The van der Waals surface area contributed by atoms with E-state index in [0.717, 1.165) is 36.7 Å². The Labute approximate surface area is 157 Å². The fourth-order valence-corrected chi connectivity index (χ4v) is 3.40. The lowest BCUT2D eigenvalue weighted by molar-refractivity contribution is -0.131. The van der Waals surface area contributed by atoms with Crippen LogP contribution in [0.1, 0.15) is 37.9 Å². The number of nitrogens with zero attached hydrogens (tertiary/aromatic N) is 2. The fourth-order valence-electron chi connectivity index (χ4n) is 3.40. The van der Waals surface area contributed by atoms with E-state index in [1.54, 1.807) is 0 Å². The number of imidazole rings is 1. The van der Waals surface area contributed by atoms with Crippen LogP contribution < -0.4 is 16.2 Å². The molecular formula is C19H25N5O3. The van der Waals surface area contributed by atoms with E-state index in [-0.39, 0.29) is 30.7 Å². The Morgan fingerprint density at radius 1 is 1.07 bits per heavy atom. The highest BCUT2D eigenvalue weighted by molar-refractivity contribution is 5.88. The molecule has 0 bridgehead atoms. The molecule has 1 saturated carbocycles. The molecule has 3 amide bonds. The van der Waals surface area contributed by atoms with Crippen LogP contribution in [0, 0.1) is 5.92 Å². The second kappa shape index (κ2) is 8.66. The van der Waals surface area contributed by atoms with Crippen LogP contribution in [0.4, 0.5) is 0 Å². The maximum absolute atomic E-state index is 12.1. The fraction of sp³-hybridized carbons (Fsp3) is 0.474. The molecule has 1 heterocycles. The van der Waals surface area contributed by atoms with Gasteiger partial charge in [-0.2, -0.15) is 0 Å². The van der Waals surface area contributed by atoms with Gasteiger partial charge in [-0.15, -0.1) is 0 Å². The van der Waals surface area contributed by atoms with E-state index in [9.17, 15) is 14.4 Å². The van der Waals surface area contributed by atoms with Gasteiger partial charge in [0.1, 0.15) is 5.82 Å². The molecule has 0 saturated heterocycles. The minimum Gasteiger partial charge on any atom is -0.347 e. The molecule has 0 spiro atoms. The number of aromatic nitrogens is 2. The van der Waals surface area contributed by atoms with Crippen molar-refractivity contribution in [3.05, 3.63) is 30.1 Å². The number of aryl methyl sites for hydroxylation is 1. The Morgan fingerprint density at radius 3 is 2.52 bits per heavy atom. The predicted molar refractivity (Wildman–Crippen MR) is 100 cm³/mol. The van der Waals surface area contributed by atoms with Crippen molar-refractivity contribution in [3.8, 4) is 0 Å². The predicted octanol–water partition coefficient (Wildman–Crippen LogP) is 0.960. The molecule has 1 aliphatic carbocycles. The third kappa shape index (κ3) is 4.84. The van der Waals surface area contributed by atoms with E-state index in [1.165, 1.54) is 6.42 Å². The molecule has 144 valence electrons. The normalized spacial score (nSPS) is 14.7. The minimum absolute atomic E-state index is 0.00121. The molecule has 0 unspecified atom stereocenters. The number of rotatable bonds is 5. The number of para-hydroxylation sites is 2. The Hall–Kier alpha value is -2.90. The van der Waals surface area contributed by atoms with Crippen molar-refractivity contribution in [2.75, 3.05) is 6.54 Å². The van der Waals surface area contributed by atoms with Gasteiger partial charge in [-0.1, -0.05) is 31.4 Å². The highest BCUT2D eigenvalue weighted by Gasteiger charge is 2.21. The smallest absolute Gasteiger partial charge is 0.257 e. The van der Waals surface area contributed by atoms with Crippen LogP contribution in [0.2, 0.25) is 0 Å². The van der Waals surface area contributed by atoms with Gasteiger partial charge in [0.2, 0.25) is 11.8 Å². The summed E-state index contributed by atoms with van der Waals surface area (Å²) in [7, 11) is 1.84. The van der Waals surface area contributed by atoms with Gasteiger partial charge in [-0.05, 0) is 25.0 Å². The lowest BCUT2D eigenvalue weighted by Crippen LogP contribution is -2.47. The van der Waals surface area contributed by atoms with Crippen molar-refractivity contribution in [1.29, 1.82) is 0 Å². The van der Waals surface area contributed by atoms with Crippen molar-refractivity contribution in [3.63, 3.8) is 0 Å². The first-order valence-electron chi connectivity index (χ1n) is 9.30. The topological polar surface area (TPSA) is 105 Å². The van der Waals surface area contributed by atoms with E-state index in [4.69, 9.17) is 0 Å². The van der Waals surface area contributed by atoms with Gasteiger partial charge < -0.3 is 9.88 Å². The van der Waals surface area contributed by atoms with Gasteiger partial charge >= 0.3 is 0 Å². The maximum atomic E-state index is 12.1. The zero-order chi connectivity index (χ0) is 19.2. The largest absolute Gasteiger partial charge is 0.347 e. The Balaban J connectivity index is 1.42. The molecule has 0 atom stereocenters. The first-order chi connectivity index (χ1) is 13.0. The summed E-state index contributed by atoms with van der Waals surface area (Å²) in [5.74, 6) is -0.319. The van der Waals surface area contributed by atoms with Gasteiger partial charge in [0.15, 0.2) is 0 Å². The van der Waals surface area contributed by atoms with Crippen molar-refractivity contribution >= 4 is 28.8 Å². The molecule has 2 aromatic rings. The Morgan fingerprint density at radius 2 is 1.78 bits per heavy atom. The van der Waals surface area contributed by atoms with Crippen molar-refractivity contribution in [1.82, 2.24) is 25.7 Å². The lowest BCUT2D eigenvalue weighted by atomic mass is 9.89. The third-order valence-corrected chi connectivity index (χ3v) is 4.94. The van der Waals surface area contributed by atoms with Crippen LogP contribution >= 0.6 is 0 Å². The lowest BCUT2D eigenvalue weighted by Gasteiger charge is -2.20. The number of hydrogen-bond donors (Lipinski definition) is 3. The highest BCUT2D eigenvalue weighted by Crippen LogP contribution is 2.23. The molecule has 8 nitrogen and oxygen atoms in total. The third-order valence-electron chi connectivity index (χ3n) is 4.94. The van der Waals surface area contributed by atoms with Crippen LogP contribution in [0.5, 0.6) is 0 Å². The number of carbonyl (C=O) groups excluding carboxylic acids is 3. The highest BCUT2D eigenvalue weighted by atomic mass is 16.2. The van der Waals surface area contributed by atoms with E-state index < -0.39 is 5.91 Å². The Bertz CT molecular complexity index is 839. The zero-order valence-corrected chi connectivity index (χ0v) is 15.5. The number of carbonyl (C=O) groups is 3. The summed E-state index contributed by atoms with van der Waals surface area (Å²) in [5.41, 5.74) is 6.44. The van der Waals surface area contributed by atoms with Gasteiger partial charge in [0.25, 0.3) is 5.91 Å². The maximum Gasteiger partial charge on any atom is 0.257 e. The first kappa shape index (κ1) is 18.9. The molecule has 1 aromatic carbocycles. The van der Waals surface area contributed by atoms with Gasteiger partial charge in [-0.25, -0.2) is 4.98 Å². The second-order valence-corrected chi connectivity index (χ2v) is 6.90.